The zero-order valence-electron chi connectivity index (χ0n) is 8.38. The van der Waals surface area contributed by atoms with Crippen molar-refractivity contribution in [3.05, 3.63) is 41.5 Å². The molecule has 0 unspecified atom stereocenters. The zero-order valence-corrected chi connectivity index (χ0v) is 8.38. The monoisotopic (exact) mass is 175 g/mol. The molecule has 0 saturated heterocycles. The van der Waals surface area contributed by atoms with E-state index in [0.717, 1.165) is 6.42 Å². The van der Waals surface area contributed by atoms with Crippen molar-refractivity contribution < 1.29 is 0 Å². The number of hydrogen-bond acceptors (Lipinski definition) is 1. The van der Waals surface area contributed by atoms with Crippen LogP contribution in [0.3, 0.4) is 0 Å². The lowest BCUT2D eigenvalue weighted by Crippen LogP contribution is -1.95. The van der Waals surface area contributed by atoms with Crippen LogP contribution >= 0.6 is 0 Å². The molecule has 13 heavy (non-hydrogen) atoms. The van der Waals surface area contributed by atoms with Crippen molar-refractivity contribution in [3.8, 4) is 0 Å². The van der Waals surface area contributed by atoms with Gasteiger partial charge < -0.3 is 5.73 Å². The van der Waals surface area contributed by atoms with Gasteiger partial charge in [-0.15, -0.1) is 0 Å². The van der Waals surface area contributed by atoms with Crippen LogP contribution in [0.15, 0.2) is 30.3 Å². The minimum absolute atomic E-state index is 0.622. The van der Waals surface area contributed by atoms with E-state index in [1.807, 2.05) is 0 Å². The normalized spacial score (nSPS) is 11.8. The highest BCUT2D eigenvalue weighted by atomic mass is 14.5. The van der Waals surface area contributed by atoms with Crippen molar-refractivity contribution in [2.75, 3.05) is 6.54 Å². The third-order valence-electron chi connectivity index (χ3n) is 2.17. The summed E-state index contributed by atoms with van der Waals surface area (Å²) < 4.78 is 0. The van der Waals surface area contributed by atoms with Crippen LogP contribution in [0.2, 0.25) is 0 Å². The molecule has 0 aliphatic heterocycles. The highest BCUT2D eigenvalue weighted by Gasteiger charge is 1.96. The topological polar surface area (TPSA) is 26.0 Å². The molecule has 1 rings (SSSR count). The fraction of sp³-hybridized carbons (Fsp3) is 0.333. The first-order valence-corrected chi connectivity index (χ1v) is 4.74. The van der Waals surface area contributed by atoms with Crippen molar-refractivity contribution >= 4 is 5.57 Å². The zero-order chi connectivity index (χ0) is 9.68. The van der Waals surface area contributed by atoms with Crippen LogP contribution in [0.5, 0.6) is 0 Å². The van der Waals surface area contributed by atoms with Crippen molar-refractivity contribution in [2.45, 2.75) is 20.3 Å². The van der Waals surface area contributed by atoms with Crippen molar-refractivity contribution in [2.24, 2.45) is 5.73 Å². The molecule has 0 radical (unpaired) electrons. The standard InChI is InChI=1S/C12H17N/c1-3-11(8-9-13)12-6-4-10(2)5-7-12/h4-8H,3,9,13H2,1-2H3/b11-8-. The first kappa shape index (κ1) is 10.0. The molecule has 1 heteroatoms. The van der Waals surface area contributed by atoms with Gasteiger partial charge in [0.15, 0.2) is 0 Å². The lowest BCUT2D eigenvalue weighted by molar-refractivity contribution is 1.19. The first-order chi connectivity index (χ1) is 6.27. The molecule has 0 aliphatic rings. The van der Waals surface area contributed by atoms with Gasteiger partial charge in [0.2, 0.25) is 0 Å². The maximum Gasteiger partial charge on any atom is 0.0112 e. The number of rotatable bonds is 3. The van der Waals surface area contributed by atoms with Gasteiger partial charge in [-0.3, -0.25) is 0 Å². The van der Waals surface area contributed by atoms with E-state index in [4.69, 9.17) is 5.73 Å². The van der Waals surface area contributed by atoms with E-state index >= 15 is 0 Å². The summed E-state index contributed by atoms with van der Waals surface area (Å²) >= 11 is 0. The molecule has 0 aromatic heterocycles. The van der Waals surface area contributed by atoms with Gasteiger partial charge in [-0.2, -0.15) is 0 Å². The van der Waals surface area contributed by atoms with E-state index in [-0.39, 0.29) is 0 Å². The van der Waals surface area contributed by atoms with E-state index in [1.165, 1.54) is 16.7 Å². The van der Waals surface area contributed by atoms with E-state index < -0.39 is 0 Å². The molecule has 1 aromatic carbocycles. The molecule has 0 saturated carbocycles. The fourth-order valence-corrected chi connectivity index (χ4v) is 1.38. The van der Waals surface area contributed by atoms with Crippen molar-refractivity contribution in [3.63, 3.8) is 0 Å². The third-order valence-corrected chi connectivity index (χ3v) is 2.17. The van der Waals surface area contributed by atoms with Gasteiger partial charge in [-0.1, -0.05) is 42.8 Å². The highest BCUT2D eigenvalue weighted by Crippen LogP contribution is 2.17. The average molecular weight is 175 g/mol. The quantitative estimate of drug-likeness (QED) is 0.751. The predicted octanol–water partition coefficient (Wildman–Crippen LogP) is 2.75. The third kappa shape index (κ3) is 2.71. The van der Waals surface area contributed by atoms with Gasteiger partial charge in [0.05, 0.1) is 0 Å². The Balaban J connectivity index is 2.92. The molecule has 0 fully saturated rings. The summed E-state index contributed by atoms with van der Waals surface area (Å²) in [6, 6.07) is 8.57. The van der Waals surface area contributed by atoms with E-state index in [2.05, 4.69) is 44.2 Å². The smallest absolute Gasteiger partial charge is 0.0112 e. The minimum atomic E-state index is 0.622. The number of benzene rings is 1. The Kier molecular flexibility index (Phi) is 3.71. The second kappa shape index (κ2) is 4.83. The van der Waals surface area contributed by atoms with Gasteiger partial charge in [0, 0.05) is 6.54 Å². The summed E-state index contributed by atoms with van der Waals surface area (Å²) in [6.07, 6.45) is 3.13. The Morgan fingerprint density at radius 3 is 2.38 bits per heavy atom. The molecule has 1 aromatic rings. The van der Waals surface area contributed by atoms with Crippen LogP contribution in [0, 0.1) is 6.92 Å². The van der Waals surface area contributed by atoms with Crippen LogP contribution < -0.4 is 5.73 Å². The number of allylic oxidation sites excluding steroid dienone is 1. The Bertz CT molecular complexity index is 282. The lowest BCUT2D eigenvalue weighted by atomic mass is 10.0. The van der Waals surface area contributed by atoms with Crippen LogP contribution in [0.25, 0.3) is 5.57 Å². The van der Waals surface area contributed by atoms with Gasteiger partial charge in [0.1, 0.15) is 0 Å². The second-order valence-corrected chi connectivity index (χ2v) is 3.18. The molecule has 0 bridgehead atoms. The first-order valence-electron chi connectivity index (χ1n) is 4.74. The number of aryl methyl sites for hydroxylation is 1. The molecule has 0 aliphatic carbocycles. The van der Waals surface area contributed by atoms with E-state index in [1.54, 1.807) is 0 Å². The molecule has 0 amide bonds. The van der Waals surface area contributed by atoms with Crippen molar-refractivity contribution in [1.29, 1.82) is 0 Å². The van der Waals surface area contributed by atoms with Crippen LogP contribution in [-0.4, -0.2) is 6.54 Å². The maximum atomic E-state index is 5.50. The molecule has 70 valence electrons. The SMILES string of the molecule is CC/C(=C/CN)c1ccc(C)cc1. The van der Waals surface area contributed by atoms with Gasteiger partial charge in [-0.05, 0) is 24.5 Å². The fourth-order valence-electron chi connectivity index (χ4n) is 1.38. The summed E-state index contributed by atoms with van der Waals surface area (Å²) in [5.74, 6) is 0. The van der Waals surface area contributed by atoms with E-state index in [9.17, 15) is 0 Å². The van der Waals surface area contributed by atoms with Gasteiger partial charge in [-0.25, -0.2) is 0 Å². The average Bonchev–Trinajstić information content (AvgIpc) is 2.16. The summed E-state index contributed by atoms with van der Waals surface area (Å²) in [5.41, 5.74) is 9.42. The molecule has 2 N–H and O–H groups in total. The molecule has 0 heterocycles. The van der Waals surface area contributed by atoms with Gasteiger partial charge >= 0.3 is 0 Å². The maximum absolute atomic E-state index is 5.50. The Labute approximate surface area is 80.3 Å². The summed E-state index contributed by atoms with van der Waals surface area (Å²) in [5, 5.41) is 0. The lowest BCUT2D eigenvalue weighted by Gasteiger charge is -2.04. The molecule has 0 atom stereocenters. The van der Waals surface area contributed by atoms with Crippen LogP contribution in [0.1, 0.15) is 24.5 Å². The van der Waals surface area contributed by atoms with Crippen LogP contribution in [-0.2, 0) is 0 Å². The minimum Gasteiger partial charge on any atom is -0.327 e. The Hall–Kier alpha value is -1.08. The summed E-state index contributed by atoms with van der Waals surface area (Å²) in [7, 11) is 0. The second-order valence-electron chi connectivity index (χ2n) is 3.18. The van der Waals surface area contributed by atoms with Crippen molar-refractivity contribution in [1.82, 2.24) is 0 Å². The molecule has 0 spiro atoms. The number of nitrogens with two attached hydrogens (primary N) is 1. The predicted molar refractivity (Wildman–Crippen MR) is 58.5 cm³/mol. The van der Waals surface area contributed by atoms with Crippen LogP contribution in [0.4, 0.5) is 0 Å². The number of hydrogen-bond donors (Lipinski definition) is 1. The largest absolute Gasteiger partial charge is 0.327 e. The Morgan fingerprint density at radius 2 is 1.92 bits per heavy atom. The van der Waals surface area contributed by atoms with E-state index in [0.29, 0.717) is 6.54 Å². The molecule has 1 nitrogen and oxygen atoms in total. The van der Waals surface area contributed by atoms with Gasteiger partial charge in [0.25, 0.3) is 0 Å². The Morgan fingerprint density at radius 1 is 1.31 bits per heavy atom. The molecular formula is C12H17N. The molecular weight excluding hydrogens is 158 g/mol. The highest BCUT2D eigenvalue weighted by molar-refractivity contribution is 5.65. The summed E-state index contributed by atoms with van der Waals surface area (Å²) in [6.45, 7) is 4.88. The summed E-state index contributed by atoms with van der Waals surface area (Å²) in [4.78, 5) is 0.